The summed E-state index contributed by atoms with van der Waals surface area (Å²) in [6, 6.07) is 14.8. The van der Waals surface area contributed by atoms with Gasteiger partial charge in [-0.3, -0.25) is 0 Å². The Labute approximate surface area is 215 Å². The molecule has 0 aliphatic heterocycles. The summed E-state index contributed by atoms with van der Waals surface area (Å²) in [4.78, 5) is 4.78. The molecule has 182 valence electrons. The molecule has 1 atom stereocenters. The fourth-order valence-corrected chi connectivity index (χ4v) is 5.56. The highest BCUT2D eigenvalue weighted by Gasteiger charge is 2.22. The molecule has 0 radical (unpaired) electrons. The van der Waals surface area contributed by atoms with E-state index in [2.05, 4.69) is 34.9 Å². The number of fused-ring (bicyclic) bond motifs is 2. The SMILES string of the molecule is COc1cc(Cl)c(-c2c(C)nn3c(NCCNC4CCc5ccccc5C4)cc(C)nc23)c(Cl)c1. The predicted octanol–water partition coefficient (Wildman–Crippen LogP) is 5.89. The maximum atomic E-state index is 6.61. The van der Waals surface area contributed by atoms with E-state index >= 15 is 0 Å². The molecule has 2 heterocycles. The number of anilines is 1. The van der Waals surface area contributed by atoms with Gasteiger partial charge in [0.25, 0.3) is 0 Å². The minimum atomic E-state index is 0.503. The van der Waals surface area contributed by atoms with E-state index in [1.54, 1.807) is 19.2 Å². The Morgan fingerprint density at radius 2 is 1.77 bits per heavy atom. The van der Waals surface area contributed by atoms with Crippen molar-refractivity contribution in [1.29, 1.82) is 0 Å². The lowest BCUT2D eigenvalue weighted by molar-refractivity contribution is 0.415. The van der Waals surface area contributed by atoms with E-state index in [1.165, 1.54) is 17.5 Å². The van der Waals surface area contributed by atoms with Crippen molar-refractivity contribution in [3.05, 3.63) is 75.0 Å². The molecule has 6 nitrogen and oxygen atoms in total. The van der Waals surface area contributed by atoms with Crippen LogP contribution < -0.4 is 15.4 Å². The van der Waals surface area contributed by atoms with Crippen molar-refractivity contribution in [2.75, 3.05) is 25.5 Å². The highest BCUT2D eigenvalue weighted by atomic mass is 35.5. The lowest BCUT2D eigenvalue weighted by Gasteiger charge is -2.25. The van der Waals surface area contributed by atoms with Gasteiger partial charge in [-0.05, 0) is 56.4 Å². The molecule has 5 rings (SSSR count). The molecule has 8 heteroatoms. The molecular weight excluding hydrogens is 481 g/mol. The summed E-state index contributed by atoms with van der Waals surface area (Å²) in [5.74, 6) is 1.50. The topological polar surface area (TPSA) is 63.5 Å². The molecule has 4 aromatic rings. The van der Waals surface area contributed by atoms with Gasteiger partial charge in [0.15, 0.2) is 5.65 Å². The molecule has 0 spiro atoms. The van der Waals surface area contributed by atoms with E-state index in [-0.39, 0.29) is 0 Å². The summed E-state index contributed by atoms with van der Waals surface area (Å²) in [6.07, 6.45) is 3.39. The first kappa shape index (κ1) is 23.9. The molecule has 2 N–H and O–H groups in total. The molecule has 0 saturated heterocycles. The van der Waals surface area contributed by atoms with Gasteiger partial charge < -0.3 is 15.4 Å². The molecule has 1 unspecified atom stereocenters. The zero-order chi connectivity index (χ0) is 24.5. The number of methoxy groups -OCH3 is 1. The minimum absolute atomic E-state index is 0.503. The van der Waals surface area contributed by atoms with Gasteiger partial charge in [0.05, 0.1) is 28.4 Å². The number of benzene rings is 2. The van der Waals surface area contributed by atoms with E-state index in [1.807, 2.05) is 24.4 Å². The first-order valence-electron chi connectivity index (χ1n) is 11.9. The number of nitrogens with zero attached hydrogens (tertiary/aromatic N) is 3. The van der Waals surface area contributed by atoms with Gasteiger partial charge in [0.2, 0.25) is 0 Å². The summed E-state index contributed by atoms with van der Waals surface area (Å²) in [6.45, 7) is 5.56. The quantitative estimate of drug-likeness (QED) is 0.304. The van der Waals surface area contributed by atoms with Crippen LogP contribution in [0.2, 0.25) is 10.0 Å². The number of nitrogens with one attached hydrogen (secondary N) is 2. The number of hydrogen-bond donors (Lipinski definition) is 2. The summed E-state index contributed by atoms with van der Waals surface area (Å²) >= 11 is 13.2. The first-order valence-corrected chi connectivity index (χ1v) is 12.6. The number of rotatable bonds is 7. The Morgan fingerprint density at radius 3 is 2.51 bits per heavy atom. The van der Waals surface area contributed by atoms with E-state index in [0.29, 0.717) is 27.4 Å². The van der Waals surface area contributed by atoms with Crippen LogP contribution in [0.15, 0.2) is 42.5 Å². The van der Waals surface area contributed by atoms with Crippen LogP contribution in [0, 0.1) is 13.8 Å². The first-order chi connectivity index (χ1) is 16.9. The molecule has 0 amide bonds. The van der Waals surface area contributed by atoms with Crippen molar-refractivity contribution >= 4 is 34.7 Å². The van der Waals surface area contributed by atoms with Crippen molar-refractivity contribution in [3.63, 3.8) is 0 Å². The molecule has 1 aliphatic carbocycles. The van der Waals surface area contributed by atoms with Gasteiger partial charge in [-0.1, -0.05) is 47.5 Å². The maximum absolute atomic E-state index is 6.61. The van der Waals surface area contributed by atoms with Gasteiger partial charge in [-0.2, -0.15) is 9.61 Å². The number of hydrogen-bond acceptors (Lipinski definition) is 5. The summed E-state index contributed by atoms with van der Waals surface area (Å²) in [5, 5.41) is 13.0. The second-order valence-corrected chi connectivity index (χ2v) is 9.85. The molecule has 0 bridgehead atoms. The highest BCUT2D eigenvalue weighted by Crippen LogP contribution is 2.41. The molecule has 2 aromatic heterocycles. The van der Waals surface area contributed by atoms with Gasteiger partial charge in [-0.15, -0.1) is 0 Å². The van der Waals surface area contributed by atoms with E-state index in [4.69, 9.17) is 38.0 Å². The highest BCUT2D eigenvalue weighted by molar-refractivity contribution is 6.39. The van der Waals surface area contributed by atoms with Gasteiger partial charge in [-0.25, -0.2) is 4.98 Å². The van der Waals surface area contributed by atoms with Crippen LogP contribution in [-0.2, 0) is 12.8 Å². The van der Waals surface area contributed by atoms with E-state index < -0.39 is 0 Å². The van der Waals surface area contributed by atoms with Crippen molar-refractivity contribution in [3.8, 4) is 16.9 Å². The second-order valence-electron chi connectivity index (χ2n) is 9.03. The zero-order valence-electron chi connectivity index (χ0n) is 20.2. The molecule has 2 aromatic carbocycles. The molecule has 0 saturated carbocycles. The summed E-state index contributed by atoms with van der Waals surface area (Å²) in [5.41, 5.74) is 6.90. The van der Waals surface area contributed by atoms with Crippen molar-refractivity contribution in [2.45, 2.75) is 39.2 Å². The molecule has 0 fully saturated rings. The van der Waals surface area contributed by atoms with Gasteiger partial charge in [0, 0.05) is 36.5 Å². The Kier molecular flexibility index (Phi) is 6.87. The average molecular weight is 510 g/mol. The Balaban J connectivity index is 1.34. The number of ether oxygens (including phenoxy) is 1. The molecular formula is C27H29Cl2N5O. The van der Waals surface area contributed by atoms with E-state index in [9.17, 15) is 0 Å². The number of aryl methyl sites for hydroxylation is 3. The Morgan fingerprint density at radius 1 is 1.03 bits per heavy atom. The molecule has 1 aliphatic rings. The Bertz CT molecular complexity index is 1360. The van der Waals surface area contributed by atoms with E-state index in [0.717, 1.165) is 54.3 Å². The summed E-state index contributed by atoms with van der Waals surface area (Å²) in [7, 11) is 1.59. The maximum Gasteiger partial charge on any atom is 0.165 e. The monoisotopic (exact) mass is 509 g/mol. The van der Waals surface area contributed by atoms with Crippen molar-refractivity contribution < 1.29 is 4.74 Å². The predicted molar refractivity (Wildman–Crippen MR) is 143 cm³/mol. The van der Waals surface area contributed by atoms with Crippen LogP contribution in [0.5, 0.6) is 5.75 Å². The fraction of sp³-hybridized carbons (Fsp3) is 0.333. The number of aromatic nitrogens is 3. The summed E-state index contributed by atoms with van der Waals surface area (Å²) < 4.78 is 7.14. The lowest BCUT2D eigenvalue weighted by Crippen LogP contribution is -2.37. The van der Waals surface area contributed by atoms with Crippen LogP contribution in [0.3, 0.4) is 0 Å². The van der Waals surface area contributed by atoms with Crippen LogP contribution in [0.25, 0.3) is 16.8 Å². The average Bonchev–Trinajstić information content (AvgIpc) is 3.16. The van der Waals surface area contributed by atoms with Gasteiger partial charge >= 0.3 is 0 Å². The van der Waals surface area contributed by atoms with Crippen LogP contribution in [-0.4, -0.2) is 40.8 Å². The minimum Gasteiger partial charge on any atom is -0.497 e. The van der Waals surface area contributed by atoms with Crippen molar-refractivity contribution in [2.24, 2.45) is 0 Å². The van der Waals surface area contributed by atoms with Crippen LogP contribution in [0.4, 0.5) is 5.82 Å². The smallest absolute Gasteiger partial charge is 0.165 e. The third-order valence-corrected chi connectivity index (χ3v) is 7.20. The standard InChI is InChI=1S/C27H29Cl2N5O/c1-16-12-24(31-11-10-30-20-9-8-18-6-4-5-7-19(18)13-20)34-27(32-16)25(17(2)33-34)26-22(28)14-21(35-3)15-23(26)29/h4-7,12,14-15,20,30-31H,8-11,13H2,1-3H3. The van der Waals surface area contributed by atoms with Crippen molar-refractivity contribution in [1.82, 2.24) is 19.9 Å². The van der Waals surface area contributed by atoms with Gasteiger partial charge in [0.1, 0.15) is 11.6 Å². The second kappa shape index (κ2) is 10.1. The fourth-order valence-electron chi connectivity index (χ4n) is 4.91. The Hall–Kier alpha value is -2.80. The third kappa shape index (κ3) is 4.83. The van der Waals surface area contributed by atoms with Crippen LogP contribution in [0.1, 0.15) is 28.9 Å². The normalized spacial score (nSPS) is 15.3. The number of halogens is 2. The molecule has 35 heavy (non-hydrogen) atoms. The zero-order valence-corrected chi connectivity index (χ0v) is 21.7. The largest absolute Gasteiger partial charge is 0.497 e. The van der Waals surface area contributed by atoms with Crippen LogP contribution >= 0.6 is 23.2 Å². The lowest BCUT2D eigenvalue weighted by atomic mass is 9.88. The third-order valence-electron chi connectivity index (χ3n) is 6.60.